The fourth-order valence-electron chi connectivity index (χ4n) is 12.3. The molecule has 0 spiro atoms. The lowest BCUT2D eigenvalue weighted by Crippen LogP contribution is -2.18. The summed E-state index contributed by atoms with van der Waals surface area (Å²) in [5.41, 5.74) is 19.0. The Hall–Kier alpha value is -7.78. The second-order valence-corrected chi connectivity index (χ2v) is 21.1. The maximum atomic E-state index is 2.48. The minimum Gasteiger partial charge on any atom is -0.310 e. The van der Waals surface area contributed by atoms with Crippen LogP contribution in [0.15, 0.2) is 212 Å². The van der Waals surface area contributed by atoms with Gasteiger partial charge in [-0.1, -0.05) is 191 Å². The number of rotatable bonds is 5. The summed E-state index contributed by atoms with van der Waals surface area (Å²) in [6.07, 6.45) is 0. The standard InChI is InChI=1S/C66H47NS/c1-65(2)57-22-12-9-18-49(57)51-33-30-43(38-59(51)65)67(44-31-34-52-50-19-10-13-23-58(50)66(3,4)60(52)39-44)42-28-25-40(26-29-42)45-35-36-56-48-17-6-5-15-46(48)47-16-7-8-21-55(47)64(56)63(45)41-27-32-54-53-20-11-14-24-61(53)68-62(54)37-41/h5-39H,1-4H3. The SMILES string of the molecule is CC1(C)c2ccccc2-c2ccc(N(c3ccc(-c4ccc5c6ccccc6c6ccccc6c5c4-c4ccc5c(c4)sc4ccccc45)cc3)c3ccc4c(c3)C(C)(C)c3ccccc3-4)cc21. The Morgan fingerprint density at radius 1 is 0.309 bits per heavy atom. The van der Waals surface area contributed by atoms with Crippen LogP contribution in [0.5, 0.6) is 0 Å². The van der Waals surface area contributed by atoms with E-state index >= 15 is 0 Å². The van der Waals surface area contributed by atoms with E-state index in [1.165, 1.54) is 119 Å². The highest BCUT2D eigenvalue weighted by Crippen LogP contribution is 2.54. The fourth-order valence-corrected chi connectivity index (χ4v) is 13.5. The first-order valence-corrected chi connectivity index (χ1v) is 24.7. The van der Waals surface area contributed by atoms with Gasteiger partial charge in [0.05, 0.1) is 0 Å². The predicted molar refractivity (Wildman–Crippen MR) is 293 cm³/mol. The van der Waals surface area contributed by atoms with E-state index in [1.54, 1.807) is 0 Å². The Morgan fingerprint density at radius 2 is 0.735 bits per heavy atom. The average Bonchev–Trinajstić information content (AvgIpc) is 3.95. The van der Waals surface area contributed by atoms with E-state index in [9.17, 15) is 0 Å². The normalized spacial score (nSPS) is 14.1. The molecular formula is C66H47NS. The molecule has 0 saturated heterocycles. The maximum Gasteiger partial charge on any atom is 0.0465 e. The van der Waals surface area contributed by atoms with Crippen LogP contribution in [0, 0.1) is 0 Å². The van der Waals surface area contributed by atoms with Gasteiger partial charge >= 0.3 is 0 Å². The molecule has 1 aromatic heterocycles. The van der Waals surface area contributed by atoms with Gasteiger partial charge in [-0.25, -0.2) is 0 Å². The predicted octanol–water partition coefficient (Wildman–Crippen LogP) is 18.9. The number of thiophene rings is 1. The molecule has 0 bridgehead atoms. The maximum absolute atomic E-state index is 2.48. The van der Waals surface area contributed by atoms with Crippen molar-refractivity contribution < 1.29 is 0 Å². The van der Waals surface area contributed by atoms with Gasteiger partial charge in [-0.3, -0.25) is 0 Å². The molecule has 1 nitrogen and oxygen atoms in total. The molecule has 0 unspecified atom stereocenters. The first kappa shape index (κ1) is 39.4. The zero-order valence-electron chi connectivity index (χ0n) is 38.6. The fraction of sp³-hybridized carbons (Fsp3) is 0.0909. The molecule has 0 N–H and O–H groups in total. The van der Waals surface area contributed by atoms with E-state index < -0.39 is 0 Å². The molecule has 2 aliphatic carbocycles. The molecule has 11 aromatic carbocycles. The van der Waals surface area contributed by atoms with Gasteiger partial charge in [-0.2, -0.15) is 0 Å². The van der Waals surface area contributed by atoms with Crippen LogP contribution in [0.3, 0.4) is 0 Å². The molecule has 0 aliphatic heterocycles. The molecule has 322 valence electrons. The summed E-state index contributed by atoms with van der Waals surface area (Å²) in [7, 11) is 0. The molecule has 0 saturated carbocycles. The van der Waals surface area contributed by atoms with Gasteiger partial charge < -0.3 is 4.90 Å². The minimum absolute atomic E-state index is 0.125. The highest BCUT2D eigenvalue weighted by molar-refractivity contribution is 7.25. The van der Waals surface area contributed by atoms with Crippen LogP contribution < -0.4 is 4.90 Å². The largest absolute Gasteiger partial charge is 0.310 e. The highest BCUT2D eigenvalue weighted by atomic mass is 32.1. The van der Waals surface area contributed by atoms with Crippen molar-refractivity contribution in [1.29, 1.82) is 0 Å². The Kier molecular flexibility index (Phi) is 8.32. The Morgan fingerprint density at radius 3 is 1.35 bits per heavy atom. The van der Waals surface area contributed by atoms with Crippen LogP contribution in [0.2, 0.25) is 0 Å². The first-order chi connectivity index (χ1) is 33.2. The number of anilines is 3. The third-order valence-corrected chi connectivity index (χ3v) is 16.8. The molecule has 0 atom stereocenters. The summed E-state index contributed by atoms with van der Waals surface area (Å²) in [5, 5.41) is 10.3. The van der Waals surface area contributed by atoms with Crippen molar-refractivity contribution in [3.05, 3.63) is 235 Å². The lowest BCUT2D eigenvalue weighted by atomic mass is 9.82. The van der Waals surface area contributed by atoms with Gasteiger partial charge in [0.15, 0.2) is 0 Å². The van der Waals surface area contributed by atoms with E-state index in [0.29, 0.717) is 0 Å². The summed E-state index contributed by atoms with van der Waals surface area (Å²) in [4.78, 5) is 2.48. The highest BCUT2D eigenvalue weighted by Gasteiger charge is 2.38. The zero-order valence-corrected chi connectivity index (χ0v) is 39.4. The van der Waals surface area contributed by atoms with Crippen molar-refractivity contribution in [2.45, 2.75) is 38.5 Å². The second kappa shape index (κ2) is 14.4. The summed E-state index contributed by atoms with van der Waals surface area (Å²) >= 11 is 1.89. The molecule has 1 heterocycles. The third-order valence-electron chi connectivity index (χ3n) is 15.7. The van der Waals surface area contributed by atoms with E-state index in [4.69, 9.17) is 0 Å². The second-order valence-electron chi connectivity index (χ2n) is 20.0. The number of fused-ring (bicyclic) bond motifs is 15. The van der Waals surface area contributed by atoms with Crippen LogP contribution in [0.1, 0.15) is 49.9 Å². The molecule has 0 fully saturated rings. The molecule has 2 aliphatic rings. The number of hydrogen-bond donors (Lipinski definition) is 0. The minimum atomic E-state index is -0.125. The molecular weight excluding hydrogens is 839 g/mol. The summed E-state index contributed by atoms with van der Waals surface area (Å²) < 4.78 is 2.63. The molecule has 14 rings (SSSR count). The smallest absolute Gasteiger partial charge is 0.0465 e. The summed E-state index contributed by atoms with van der Waals surface area (Å²) in [5.74, 6) is 0. The van der Waals surface area contributed by atoms with Crippen LogP contribution in [-0.2, 0) is 10.8 Å². The molecule has 0 amide bonds. The van der Waals surface area contributed by atoms with Crippen molar-refractivity contribution in [3.8, 4) is 44.5 Å². The van der Waals surface area contributed by atoms with Crippen molar-refractivity contribution in [1.82, 2.24) is 0 Å². The van der Waals surface area contributed by atoms with Crippen LogP contribution in [-0.4, -0.2) is 0 Å². The Bertz CT molecular complexity index is 3950. The molecule has 0 radical (unpaired) electrons. The van der Waals surface area contributed by atoms with E-state index in [0.717, 1.165) is 17.1 Å². The lowest BCUT2D eigenvalue weighted by molar-refractivity contribution is 0.660. The van der Waals surface area contributed by atoms with Crippen LogP contribution in [0.4, 0.5) is 17.1 Å². The molecule has 68 heavy (non-hydrogen) atoms. The Balaban J connectivity index is 0.978. The Labute approximate surface area is 401 Å². The first-order valence-electron chi connectivity index (χ1n) is 23.9. The van der Waals surface area contributed by atoms with Crippen molar-refractivity contribution >= 4 is 80.9 Å². The van der Waals surface area contributed by atoms with Gasteiger partial charge in [0, 0.05) is 48.1 Å². The van der Waals surface area contributed by atoms with E-state index in [1.807, 2.05) is 11.3 Å². The van der Waals surface area contributed by atoms with Crippen LogP contribution in [0.25, 0.3) is 97.0 Å². The topological polar surface area (TPSA) is 3.24 Å². The van der Waals surface area contributed by atoms with Gasteiger partial charge in [0.1, 0.15) is 0 Å². The van der Waals surface area contributed by atoms with E-state index in [2.05, 4.69) is 245 Å². The van der Waals surface area contributed by atoms with E-state index in [-0.39, 0.29) is 10.8 Å². The van der Waals surface area contributed by atoms with Gasteiger partial charge in [-0.15, -0.1) is 11.3 Å². The lowest BCUT2D eigenvalue weighted by Gasteiger charge is -2.30. The van der Waals surface area contributed by atoms with Gasteiger partial charge in [-0.05, 0) is 148 Å². The average molecular weight is 886 g/mol. The van der Waals surface area contributed by atoms with Crippen molar-refractivity contribution in [2.75, 3.05) is 4.90 Å². The summed E-state index contributed by atoms with van der Waals surface area (Å²) in [6.45, 7) is 9.51. The van der Waals surface area contributed by atoms with Crippen LogP contribution >= 0.6 is 11.3 Å². The number of benzene rings is 11. The monoisotopic (exact) mass is 885 g/mol. The summed E-state index contributed by atoms with van der Waals surface area (Å²) in [6, 6.07) is 80.2. The number of hydrogen-bond acceptors (Lipinski definition) is 2. The van der Waals surface area contributed by atoms with Gasteiger partial charge in [0.2, 0.25) is 0 Å². The molecule has 12 aromatic rings. The third kappa shape index (κ3) is 5.56. The zero-order chi connectivity index (χ0) is 45.5. The number of nitrogens with zero attached hydrogens (tertiary/aromatic N) is 1. The molecule has 2 heteroatoms. The van der Waals surface area contributed by atoms with Crippen molar-refractivity contribution in [3.63, 3.8) is 0 Å². The van der Waals surface area contributed by atoms with Crippen molar-refractivity contribution in [2.24, 2.45) is 0 Å². The van der Waals surface area contributed by atoms with Gasteiger partial charge in [0.25, 0.3) is 0 Å². The quantitative estimate of drug-likeness (QED) is 0.156.